The summed E-state index contributed by atoms with van der Waals surface area (Å²) in [6, 6.07) is 4.46. The largest absolute Gasteiger partial charge is 0.444 e. The van der Waals surface area contributed by atoms with Crippen molar-refractivity contribution in [1.82, 2.24) is 14.9 Å². The minimum Gasteiger partial charge on any atom is -0.444 e. The van der Waals surface area contributed by atoms with E-state index < -0.39 is 5.60 Å². The maximum Gasteiger partial charge on any atom is 0.410 e. The van der Waals surface area contributed by atoms with E-state index in [0.29, 0.717) is 30.2 Å². The summed E-state index contributed by atoms with van der Waals surface area (Å²) in [4.78, 5) is 25.9. The molecule has 1 amide bonds. The number of nitrogens with zero attached hydrogens (tertiary/aromatic N) is 4. The van der Waals surface area contributed by atoms with Gasteiger partial charge in [-0.3, -0.25) is 4.90 Å². The highest BCUT2D eigenvalue weighted by molar-refractivity contribution is 7.13. The number of rotatable bonds is 3. The predicted molar refractivity (Wildman–Crippen MR) is 118 cm³/mol. The van der Waals surface area contributed by atoms with E-state index in [4.69, 9.17) is 14.1 Å². The van der Waals surface area contributed by atoms with Gasteiger partial charge in [-0.2, -0.15) is 4.98 Å². The molecule has 5 rings (SSSR count). The van der Waals surface area contributed by atoms with Crippen molar-refractivity contribution in [3.8, 4) is 10.6 Å². The fourth-order valence-electron chi connectivity index (χ4n) is 4.49. The van der Waals surface area contributed by atoms with Crippen LogP contribution in [0.1, 0.15) is 39.2 Å². The number of anilines is 1. The van der Waals surface area contributed by atoms with Crippen molar-refractivity contribution in [1.29, 1.82) is 0 Å². The van der Waals surface area contributed by atoms with Crippen molar-refractivity contribution < 1.29 is 19.1 Å². The lowest BCUT2D eigenvalue weighted by Gasteiger charge is -2.40. The fourth-order valence-corrected chi connectivity index (χ4v) is 5.14. The second kappa shape index (κ2) is 7.49. The normalized spacial score (nSPS) is 21.2. The van der Waals surface area contributed by atoms with Crippen LogP contribution < -0.4 is 4.90 Å². The number of hydrogen-bond donors (Lipinski definition) is 1. The van der Waals surface area contributed by atoms with Crippen molar-refractivity contribution in [3.05, 3.63) is 29.3 Å². The van der Waals surface area contributed by atoms with Crippen LogP contribution in [-0.2, 0) is 11.3 Å². The highest BCUT2D eigenvalue weighted by Crippen LogP contribution is 2.37. The molecule has 2 saturated heterocycles. The quantitative estimate of drug-likeness (QED) is 0.655. The molecule has 8 nitrogen and oxygen atoms in total. The van der Waals surface area contributed by atoms with Gasteiger partial charge in [0.25, 0.3) is 6.01 Å². The first-order valence-electron chi connectivity index (χ1n) is 10.5. The number of aliphatic hydroxyl groups is 1. The maximum absolute atomic E-state index is 12.7. The number of hydrogen-bond acceptors (Lipinski definition) is 8. The number of ether oxygens (including phenoxy) is 1. The highest BCUT2D eigenvalue weighted by Gasteiger charge is 2.45. The van der Waals surface area contributed by atoms with Gasteiger partial charge in [-0.25, -0.2) is 9.78 Å². The third-order valence-electron chi connectivity index (χ3n) is 5.74. The topological polar surface area (TPSA) is 91.9 Å². The summed E-state index contributed by atoms with van der Waals surface area (Å²) >= 11 is 1.52. The van der Waals surface area contributed by atoms with Crippen molar-refractivity contribution in [2.24, 2.45) is 0 Å². The third-order valence-corrected chi connectivity index (χ3v) is 6.55. The van der Waals surface area contributed by atoms with Crippen LogP contribution in [0.5, 0.6) is 0 Å². The van der Waals surface area contributed by atoms with Gasteiger partial charge in [-0.05, 0) is 51.3 Å². The van der Waals surface area contributed by atoms with E-state index in [1.165, 1.54) is 11.3 Å². The second-order valence-electron chi connectivity index (χ2n) is 9.16. The van der Waals surface area contributed by atoms with Crippen LogP contribution in [0.15, 0.2) is 28.1 Å². The molecule has 2 aliphatic heterocycles. The summed E-state index contributed by atoms with van der Waals surface area (Å²) in [5, 5.41) is 12.4. The first kappa shape index (κ1) is 20.3. The summed E-state index contributed by atoms with van der Waals surface area (Å²) in [7, 11) is 0. The molecule has 0 spiro atoms. The van der Waals surface area contributed by atoms with Gasteiger partial charge in [-0.15, -0.1) is 11.3 Å². The average molecular weight is 443 g/mol. The summed E-state index contributed by atoms with van der Waals surface area (Å²) < 4.78 is 11.9. The molecule has 2 aromatic heterocycles. The van der Waals surface area contributed by atoms with E-state index in [1.807, 2.05) is 43.2 Å². The van der Waals surface area contributed by atoms with Gasteiger partial charge in [0.1, 0.15) is 16.1 Å². The Labute approximate surface area is 184 Å². The van der Waals surface area contributed by atoms with E-state index in [2.05, 4.69) is 9.88 Å². The van der Waals surface area contributed by atoms with Gasteiger partial charge < -0.3 is 19.2 Å². The van der Waals surface area contributed by atoms with Gasteiger partial charge in [0.15, 0.2) is 5.58 Å². The molecule has 0 aliphatic carbocycles. The van der Waals surface area contributed by atoms with Gasteiger partial charge in [0.05, 0.1) is 24.3 Å². The van der Waals surface area contributed by atoms with Crippen molar-refractivity contribution in [2.75, 3.05) is 18.0 Å². The molecule has 1 N–H and O–H groups in total. The zero-order valence-electron chi connectivity index (χ0n) is 17.9. The van der Waals surface area contributed by atoms with Gasteiger partial charge in [0.2, 0.25) is 0 Å². The molecule has 3 aromatic rings. The Hall–Kier alpha value is -2.65. The Morgan fingerprint density at radius 3 is 2.65 bits per heavy atom. The van der Waals surface area contributed by atoms with Crippen LogP contribution >= 0.6 is 11.3 Å². The van der Waals surface area contributed by atoms with E-state index in [1.54, 1.807) is 6.20 Å². The molecule has 2 aliphatic rings. The molecule has 31 heavy (non-hydrogen) atoms. The molecular weight excluding hydrogens is 416 g/mol. The lowest BCUT2D eigenvalue weighted by molar-refractivity contribution is 0.0120. The number of amides is 1. The maximum atomic E-state index is 12.7. The second-order valence-corrected chi connectivity index (χ2v) is 10.1. The predicted octanol–water partition coefficient (Wildman–Crippen LogP) is 4.03. The number of thiazole rings is 1. The van der Waals surface area contributed by atoms with Crippen LogP contribution in [-0.4, -0.2) is 56.8 Å². The van der Waals surface area contributed by atoms with Crippen LogP contribution in [0.25, 0.3) is 21.7 Å². The lowest BCUT2D eigenvalue weighted by Crippen LogP contribution is -2.56. The molecular formula is C22H26N4O4S. The average Bonchev–Trinajstić information content (AvgIpc) is 3.43. The van der Waals surface area contributed by atoms with Crippen LogP contribution in [0, 0.1) is 0 Å². The van der Waals surface area contributed by atoms with Gasteiger partial charge in [-0.1, -0.05) is 0 Å². The summed E-state index contributed by atoms with van der Waals surface area (Å²) in [5.41, 5.74) is 2.47. The van der Waals surface area contributed by atoms with E-state index in [9.17, 15) is 9.90 Å². The highest BCUT2D eigenvalue weighted by atomic mass is 32.1. The third kappa shape index (κ3) is 3.76. The van der Waals surface area contributed by atoms with Crippen LogP contribution in [0.4, 0.5) is 10.8 Å². The monoisotopic (exact) mass is 442 g/mol. The minimum absolute atomic E-state index is 0.0742. The minimum atomic E-state index is -0.509. The molecule has 9 heteroatoms. The Bertz CT molecular complexity index is 1090. The number of carbonyl (C=O) groups is 1. The van der Waals surface area contributed by atoms with Crippen LogP contribution in [0.3, 0.4) is 0 Å². The first-order chi connectivity index (χ1) is 14.8. The number of aromatic nitrogens is 2. The number of aliphatic hydroxyl groups excluding tert-OH is 1. The zero-order valence-corrected chi connectivity index (χ0v) is 18.7. The Balaban J connectivity index is 1.44. The summed E-state index contributed by atoms with van der Waals surface area (Å²) in [5.74, 6) is 0. The molecule has 0 radical (unpaired) electrons. The number of oxazole rings is 1. The molecule has 2 unspecified atom stereocenters. The van der Waals surface area contributed by atoms with Crippen molar-refractivity contribution in [3.63, 3.8) is 0 Å². The Morgan fingerprint density at radius 2 is 2.03 bits per heavy atom. The Kier molecular flexibility index (Phi) is 4.90. The van der Waals surface area contributed by atoms with E-state index in [0.717, 1.165) is 29.0 Å². The molecule has 2 fully saturated rings. The number of benzene rings is 1. The summed E-state index contributed by atoms with van der Waals surface area (Å²) in [6.45, 7) is 6.91. The van der Waals surface area contributed by atoms with E-state index in [-0.39, 0.29) is 24.8 Å². The molecule has 164 valence electrons. The van der Waals surface area contributed by atoms with Crippen molar-refractivity contribution in [2.45, 2.75) is 57.9 Å². The number of carbonyl (C=O) groups excluding carboxylic acids is 1. The number of piperazine rings is 1. The lowest BCUT2D eigenvalue weighted by atomic mass is 10.1. The molecule has 2 atom stereocenters. The Morgan fingerprint density at radius 1 is 1.29 bits per heavy atom. The molecule has 0 saturated carbocycles. The van der Waals surface area contributed by atoms with Gasteiger partial charge >= 0.3 is 6.09 Å². The van der Waals surface area contributed by atoms with Crippen LogP contribution in [0.2, 0.25) is 0 Å². The first-order valence-corrected chi connectivity index (χ1v) is 11.4. The SMILES string of the molecule is CC(C)(C)OC(=O)N1C2CCC1CN(c1nc3cc(CO)cc(-c4nccs4)c3o1)C2. The molecule has 1 aromatic carbocycles. The molecule has 2 bridgehead atoms. The smallest absolute Gasteiger partial charge is 0.410 e. The standard InChI is InChI=1S/C22H26N4O4S/c1-22(2,3)30-21(28)26-14-4-5-15(26)11-25(10-14)20-24-17-9-13(12-27)8-16(18(17)29-20)19-23-6-7-31-19/h6-9,14-15,27H,4-5,10-12H2,1-3H3. The fraction of sp³-hybridized carbons (Fsp3) is 0.500. The zero-order chi connectivity index (χ0) is 21.8. The van der Waals surface area contributed by atoms with E-state index >= 15 is 0 Å². The summed E-state index contributed by atoms with van der Waals surface area (Å²) in [6.07, 6.45) is 3.40. The molecule has 4 heterocycles. The number of fused-ring (bicyclic) bond motifs is 3. The van der Waals surface area contributed by atoms with Gasteiger partial charge in [0, 0.05) is 24.7 Å². The van der Waals surface area contributed by atoms with Crippen molar-refractivity contribution >= 4 is 34.5 Å².